The highest BCUT2D eigenvalue weighted by Crippen LogP contribution is 2.26. The Labute approximate surface area is 191 Å². The van der Waals surface area contributed by atoms with Crippen molar-refractivity contribution >= 4 is 32.5 Å². The van der Waals surface area contributed by atoms with Gasteiger partial charge in [-0.3, -0.25) is 14.2 Å². The van der Waals surface area contributed by atoms with E-state index in [-0.39, 0.29) is 17.0 Å². The summed E-state index contributed by atoms with van der Waals surface area (Å²) >= 11 is 0. The number of amides is 1. The predicted molar refractivity (Wildman–Crippen MR) is 125 cm³/mol. The molecule has 0 atom stereocenters. The number of pyridine rings is 1. The van der Waals surface area contributed by atoms with E-state index in [1.165, 1.54) is 39.2 Å². The molecule has 0 bridgehead atoms. The first kappa shape index (κ1) is 23.1. The van der Waals surface area contributed by atoms with Crippen molar-refractivity contribution in [2.24, 2.45) is 5.92 Å². The molecule has 174 valence electrons. The molecule has 0 spiro atoms. The van der Waals surface area contributed by atoms with E-state index < -0.39 is 21.7 Å². The maximum Gasteiger partial charge on any atom is 0.251 e. The van der Waals surface area contributed by atoms with Gasteiger partial charge in [0.25, 0.3) is 5.56 Å². The molecular formula is C24H26FN3O4S. The first-order chi connectivity index (χ1) is 15.6. The van der Waals surface area contributed by atoms with Gasteiger partial charge in [-0.05, 0) is 79.1 Å². The number of carbonyl (C=O) groups excluding carboxylic acids is 1. The normalized spacial score (nSPS) is 15.6. The number of hydrogen-bond acceptors (Lipinski definition) is 4. The van der Waals surface area contributed by atoms with E-state index in [1.54, 1.807) is 25.1 Å². The van der Waals surface area contributed by atoms with Crippen LogP contribution >= 0.6 is 0 Å². The number of nitrogens with zero attached hydrogens (tertiary/aromatic N) is 2. The lowest BCUT2D eigenvalue weighted by Crippen LogP contribution is -2.37. The number of carbonyl (C=O) groups is 1. The van der Waals surface area contributed by atoms with Crippen molar-refractivity contribution in [2.75, 3.05) is 18.4 Å². The van der Waals surface area contributed by atoms with Crippen LogP contribution in [0.25, 0.3) is 10.9 Å². The molecule has 1 aromatic heterocycles. The van der Waals surface area contributed by atoms with Crippen LogP contribution in [0.4, 0.5) is 10.1 Å². The zero-order chi connectivity index (χ0) is 23.8. The number of rotatable bonds is 5. The van der Waals surface area contributed by atoms with Gasteiger partial charge in [-0.15, -0.1) is 0 Å². The molecule has 3 aromatic rings. The molecule has 4 rings (SSSR count). The standard InChI is InChI=1S/C24H26FN3O4S/c1-16-9-11-27(12-10-16)33(31,32)20-5-7-22-18(14-20)3-8-24(30)28(22)15-23(29)26-21-6-4-19(25)13-17(21)2/h3-8,13-14,16H,9-12,15H2,1-2H3,(H,26,29). The van der Waals surface area contributed by atoms with Crippen LogP contribution < -0.4 is 10.9 Å². The fourth-order valence-corrected chi connectivity index (χ4v) is 5.59. The third-order valence-corrected chi connectivity index (χ3v) is 8.00. The molecule has 1 amide bonds. The Morgan fingerprint density at radius 2 is 1.82 bits per heavy atom. The van der Waals surface area contributed by atoms with Gasteiger partial charge in [-0.2, -0.15) is 4.31 Å². The minimum atomic E-state index is -3.64. The lowest BCUT2D eigenvalue weighted by molar-refractivity contribution is -0.116. The summed E-state index contributed by atoms with van der Waals surface area (Å²) in [5.74, 6) is -0.341. The third kappa shape index (κ3) is 4.84. The Kier molecular flexibility index (Phi) is 6.36. The van der Waals surface area contributed by atoms with Gasteiger partial charge in [0.05, 0.1) is 10.4 Å². The summed E-state index contributed by atoms with van der Waals surface area (Å²) in [6.07, 6.45) is 1.66. The molecule has 0 aliphatic carbocycles. The topological polar surface area (TPSA) is 88.5 Å². The summed E-state index contributed by atoms with van der Waals surface area (Å²) in [5.41, 5.74) is 1.10. The lowest BCUT2D eigenvalue weighted by Gasteiger charge is -2.29. The number of hydrogen-bond donors (Lipinski definition) is 1. The van der Waals surface area contributed by atoms with Crippen LogP contribution in [0.1, 0.15) is 25.3 Å². The fraction of sp³-hybridized carbons (Fsp3) is 0.333. The van der Waals surface area contributed by atoms with Crippen molar-refractivity contribution in [1.29, 1.82) is 0 Å². The number of benzene rings is 2. The molecular weight excluding hydrogens is 445 g/mol. The molecule has 1 aliphatic heterocycles. The van der Waals surface area contributed by atoms with Gasteiger partial charge >= 0.3 is 0 Å². The second-order valence-corrected chi connectivity index (χ2v) is 10.5. The zero-order valence-corrected chi connectivity index (χ0v) is 19.4. The Morgan fingerprint density at radius 1 is 1.09 bits per heavy atom. The van der Waals surface area contributed by atoms with Gasteiger partial charge < -0.3 is 5.32 Å². The molecule has 33 heavy (non-hydrogen) atoms. The van der Waals surface area contributed by atoms with Crippen LogP contribution in [0.3, 0.4) is 0 Å². The third-order valence-electron chi connectivity index (χ3n) is 6.11. The Morgan fingerprint density at radius 3 is 2.52 bits per heavy atom. The van der Waals surface area contributed by atoms with Crippen LogP contribution in [0.2, 0.25) is 0 Å². The monoisotopic (exact) mass is 471 g/mol. The molecule has 0 radical (unpaired) electrons. The highest BCUT2D eigenvalue weighted by Gasteiger charge is 2.28. The Bertz CT molecular complexity index is 1380. The van der Waals surface area contributed by atoms with Gasteiger partial charge in [0, 0.05) is 24.8 Å². The van der Waals surface area contributed by atoms with Crippen LogP contribution in [0.5, 0.6) is 0 Å². The number of piperidine rings is 1. The average Bonchev–Trinajstić information content (AvgIpc) is 2.77. The molecule has 1 N–H and O–H groups in total. The number of aromatic nitrogens is 1. The smallest absolute Gasteiger partial charge is 0.251 e. The number of halogens is 1. The highest BCUT2D eigenvalue weighted by atomic mass is 32.2. The Hall–Kier alpha value is -3.04. The minimum absolute atomic E-state index is 0.168. The quantitative estimate of drug-likeness (QED) is 0.617. The predicted octanol–water partition coefficient (Wildman–Crippen LogP) is 3.51. The van der Waals surface area contributed by atoms with Crippen molar-refractivity contribution in [1.82, 2.24) is 8.87 Å². The lowest BCUT2D eigenvalue weighted by atomic mass is 10.0. The highest BCUT2D eigenvalue weighted by molar-refractivity contribution is 7.89. The SMILES string of the molecule is Cc1cc(F)ccc1NC(=O)Cn1c(=O)ccc2cc(S(=O)(=O)N3CCC(C)CC3)ccc21. The van der Waals surface area contributed by atoms with Crippen LogP contribution in [0.15, 0.2) is 58.2 Å². The largest absolute Gasteiger partial charge is 0.324 e. The van der Waals surface area contributed by atoms with Crippen molar-refractivity contribution in [3.63, 3.8) is 0 Å². The second-order valence-electron chi connectivity index (χ2n) is 8.57. The Balaban J connectivity index is 1.61. The molecule has 0 unspecified atom stereocenters. The van der Waals surface area contributed by atoms with Gasteiger partial charge in [0.1, 0.15) is 12.4 Å². The van der Waals surface area contributed by atoms with E-state index in [0.29, 0.717) is 41.2 Å². The average molecular weight is 472 g/mol. The van der Waals surface area contributed by atoms with E-state index >= 15 is 0 Å². The fourth-order valence-electron chi connectivity index (χ4n) is 4.08. The van der Waals surface area contributed by atoms with Crippen LogP contribution in [0, 0.1) is 18.7 Å². The van der Waals surface area contributed by atoms with Crippen molar-refractivity contribution in [2.45, 2.75) is 38.1 Å². The van der Waals surface area contributed by atoms with Gasteiger partial charge in [0.2, 0.25) is 15.9 Å². The summed E-state index contributed by atoms with van der Waals surface area (Å²) in [6.45, 7) is 4.51. The summed E-state index contributed by atoms with van der Waals surface area (Å²) in [7, 11) is -3.64. The maximum atomic E-state index is 13.3. The van der Waals surface area contributed by atoms with Crippen molar-refractivity contribution in [3.05, 3.63) is 70.3 Å². The molecule has 9 heteroatoms. The molecule has 1 aliphatic rings. The molecule has 1 fully saturated rings. The van der Waals surface area contributed by atoms with E-state index in [4.69, 9.17) is 0 Å². The maximum absolute atomic E-state index is 13.3. The first-order valence-electron chi connectivity index (χ1n) is 10.8. The number of nitrogens with one attached hydrogen (secondary N) is 1. The second kappa shape index (κ2) is 9.07. The van der Waals surface area contributed by atoms with E-state index in [1.807, 2.05) is 0 Å². The van der Waals surface area contributed by atoms with Gasteiger partial charge in [-0.25, -0.2) is 12.8 Å². The van der Waals surface area contributed by atoms with Crippen LogP contribution in [-0.2, 0) is 21.4 Å². The van der Waals surface area contributed by atoms with E-state index in [2.05, 4.69) is 12.2 Å². The number of anilines is 1. The van der Waals surface area contributed by atoms with Crippen LogP contribution in [-0.4, -0.2) is 36.3 Å². The zero-order valence-electron chi connectivity index (χ0n) is 18.5. The van der Waals surface area contributed by atoms with Crippen molar-refractivity contribution < 1.29 is 17.6 Å². The number of aryl methyl sites for hydroxylation is 1. The summed E-state index contributed by atoms with van der Waals surface area (Å²) in [4.78, 5) is 25.3. The summed E-state index contributed by atoms with van der Waals surface area (Å²) in [6, 6.07) is 11.5. The summed E-state index contributed by atoms with van der Waals surface area (Å²) in [5, 5.41) is 3.24. The first-order valence-corrected chi connectivity index (χ1v) is 12.3. The molecule has 7 nitrogen and oxygen atoms in total. The van der Waals surface area contributed by atoms with Gasteiger partial charge in [0.15, 0.2) is 0 Å². The van der Waals surface area contributed by atoms with E-state index in [0.717, 1.165) is 12.8 Å². The summed E-state index contributed by atoms with van der Waals surface area (Å²) < 4.78 is 42.3. The molecule has 0 saturated carbocycles. The van der Waals surface area contributed by atoms with Crippen molar-refractivity contribution in [3.8, 4) is 0 Å². The number of fused-ring (bicyclic) bond motifs is 1. The number of sulfonamides is 1. The minimum Gasteiger partial charge on any atom is -0.324 e. The molecule has 2 aromatic carbocycles. The van der Waals surface area contributed by atoms with E-state index in [9.17, 15) is 22.4 Å². The molecule has 2 heterocycles. The van der Waals surface area contributed by atoms with Gasteiger partial charge in [-0.1, -0.05) is 6.92 Å². The molecule has 1 saturated heterocycles.